The van der Waals surface area contributed by atoms with Crippen molar-refractivity contribution in [3.05, 3.63) is 10.4 Å². The molecule has 11 heteroatoms. The van der Waals surface area contributed by atoms with Crippen molar-refractivity contribution >= 4 is 17.5 Å². The number of nitrogens with two attached hydrogens (primary N) is 1. The maximum Gasteiger partial charge on any atom is 1.00 e. The Bertz CT molecular complexity index is 496. The predicted molar refractivity (Wildman–Crippen MR) is 66.1 cm³/mol. The zero-order valence-corrected chi connectivity index (χ0v) is 15.6. The van der Waals surface area contributed by atoms with E-state index < -0.39 is 12.0 Å². The molecule has 1 unspecified atom stereocenters. The number of fused-ring (bicyclic) bond motifs is 1. The Morgan fingerprint density at radius 3 is 2.90 bits per heavy atom. The Morgan fingerprint density at radius 2 is 2.25 bits per heavy atom. The maximum absolute atomic E-state index is 11.5. The monoisotopic (exact) mass is 305 g/mol. The SMILES string of the molecule is Nc1nc2c(c(=O)[nH]1)NCN2C(O)OCCCO.[H-].[H-].[Na+].[Na+]. The van der Waals surface area contributed by atoms with Crippen molar-refractivity contribution < 1.29 is 76.9 Å². The topological polar surface area (TPSA) is 137 Å². The minimum atomic E-state index is -1.25. The van der Waals surface area contributed by atoms with Crippen LogP contribution in [0.5, 0.6) is 0 Å². The van der Waals surface area contributed by atoms with Gasteiger partial charge in [0.05, 0.1) is 13.3 Å². The van der Waals surface area contributed by atoms with Crippen LogP contribution in [0.1, 0.15) is 9.27 Å². The Balaban J connectivity index is -0.000000902. The van der Waals surface area contributed by atoms with Crippen molar-refractivity contribution in [2.45, 2.75) is 12.8 Å². The molecule has 9 nitrogen and oxygen atoms in total. The third kappa shape index (κ3) is 4.58. The predicted octanol–water partition coefficient (Wildman–Crippen LogP) is -7.55. The van der Waals surface area contributed by atoms with Crippen LogP contribution in [0, 0.1) is 0 Å². The average Bonchev–Trinajstić information content (AvgIpc) is 2.73. The molecule has 2 rings (SSSR count). The third-order valence-corrected chi connectivity index (χ3v) is 2.45. The van der Waals surface area contributed by atoms with Crippen LogP contribution >= 0.6 is 0 Å². The summed E-state index contributed by atoms with van der Waals surface area (Å²) in [7, 11) is 0. The molecule has 1 aromatic rings. The van der Waals surface area contributed by atoms with E-state index in [1.165, 1.54) is 4.90 Å². The van der Waals surface area contributed by atoms with Gasteiger partial charge in [-0.05, 0) is 6.42 Å². The van der Waals surface area contributed by atoms with Gasteiger partial charge in [-0.3, -0.25) is 14.7 Å². The molecule has 0 spiro atoms. The number of rotatable bonds is 5. The molecule has 0 aromatic carbocycles. The minimum absolute atomic E-state index is 0. The van der Waals surface area contributed by atoms with Crippen LogP contribution in [0.4, 0.5) is 17.5 Å². The van der Waals surface area contributed by atoms with Crippen LogP contribution in [-0.2, 0) is 4.74 Å². The summed E-state index contributed by atoms with van der Waals surface area (Å²) in [5.74, 6) is 0.211. The molecular weight excluding hydrogens is 288 g/mol. The second-order valence-corrected chi connectivity index (χ2v) is 3.73. The molecule has 1 aliphatic rings. The Hall–Kier alpha value is 0.160. The first kappa shape index (κ1) is 20.2. The van der Waals surface area contributed by atoms with E-state index in [1.807, 2.05) is 0 Å². The van der Waals surface area contributed by atoms with Crippen molar-refractivity contribution in [1.82, 2.24) is 9.97 Å². The second-order valence-electron chi connectivity index (χ2n) is 3.73. The molecule has 0 fully saturated rings. The fourth-order valence-corrected chi connectivity index (χ4v) is 1.61. The molecule has 0 radical (unpaired) electrons. The molecule has 1 aromatic heterocycles. The van der Waals surface area contributed by atoms with E-state index in [2.05, 4.69) is 15.3 Å². The van der Waals surface area contributed by atoms with Gasteiger partial charge >= 0.3 is 59.1 Å². The third-order valence-electron chi connectivity index (χ3n) is 2.45. The zero-order valence-electron chi connectivity index (χ0n) is 13.6. The van der Waals surface area contributed by atoms with Gasteiger partial charge in [0.15, 0.2) is 5.82 Å². The summed E-state index contributed by atoms with van der Waals surface area (Å²) in [6, 6.07) is 0. The number of hydrogen-bond acceptors (Lipinski definition) is 8. The van der Waals surface area contributed by atoms with E-state index in [-0.39, 0.29) is 99.3 Å². The molecular formula is C9H17N5Na2O4. The number of aromatic nitrogens is 2. The normalized spacial score (nSPS) is 13.8. The van der Waals surface area contributed by atoms with Crippen molar-refractivity contribution in [3.8, 4) is 0 Å². The van der Waals surface area contributed by atoms with Crippen LogP contribution in [0.25, 0.3) is 0 Å². The molecule has 2 heterocycles. The molecule has 0 saturated heterocycles. The number of nitrogen functional groups attached to an aromatic ring is 1. The molecule has 20 heavy (non-hydrogen) atoms. The summed E-state index contributed by atoms with van der Waals surface area (Å²) < 4.78 is 5.09. The Labute approximate surface area is 162 Å². The summed E-state index contributed by atoms with van der Waals surface area (Å²) >= 11 is 0. The van der Waals surface area contributed by atoms with Gasteiger partial charge in [-0.2, -0.15) is 4.98 Å². The van der Waals surface area contributed by atoms with Crippen molar-refractivity contribution in [3.63, 3.8) is 0 Å². The van der Waals surface area contributed by atoms with E-state index in [9.17, 15) is 9.90 Å². The number of aromatic amines is 1. The summed E-state index contributed by atoms with van der Waals surface area (Å²) in [6.07, 6.45) is -0.838. The minimum Gasteiger partial charge on any atom is -1.00 e. The van der Waals surface area contributed by atoms with Crippen LogP contribution in [0.3, 0.4) is 0 Å². The van der Waals surface area contributed by atoms with Gasteiger partial charge in [0.1, 0.15) is 5.69 Å². The number of ether oxygens (including phenoxy) is 1. The molecule has 1 aliphatic heterocycles. The van der Waals surface area contributed by atoms with E-state index in [0.717, 1.165) is 0 Å². The number of nitrogens with zero attached hydrogens (tertiary/aromatic N) is 2. The first-order valence-electron chi connectivity index (χ1n) is 5.44. The number of aliphatic hydroxyl groups excluding tert-OH is 2. The van der Waals surface area contributed by atoms with Crippen molar-refractivity contribution in [1.29, 1.82) is 0 Å². The molecule has 0 saturated carbocycles. The van der Waals surface area contributed by atoms with Gasteiger partial charge < -0.3 is 28.9 Å². The molecule has 6 N–H and O–H groups in total. The number of anilines is 3. The van der Waals surface area contributed by atoms with E-state index in [4.69, 9.17) is 15.6 Å². The Morgan fingerprint density at radius 1 is 1.55 bits per heavy atom. The van der Waals surface area contributed by atoms with Gasteiger partial charge in [-0.25, -0.2) is 0 Å². The molecule has 0 aliphatic carbocycles. The van der Waals surface area contributed by atoms with Gasteiger partial charge in [0.2, 0.25) is 12.4 Å². The molecule has 1 atom stereocenters. The largest absolute Gasteiger partial charge is 1.00 e. The summed E-state index contributed by atoms with van der Waals surface area (Å²) in [5.41, 5.74) is 5.28. The number of aliphatic hydroxyl groups is 2. The average molecular weight is 305 g/mol. The smallest absolute Gasteiger partial charge is 1.00 e. The quantitative estimate of drug-likeness (QED) is 0.206. The van der Waals surface area contributed by atoms with Crippen LogP contribution in [-0.4, -0.2) is 46.5 Å². The van der Waals surface area contributed by atoms with E-state index >= 15 is 0 Å². The van der Waals surface area contributed by atoms with Gasteiger partial charge in [0, 0.05) is 6.61 Å². The van der Waals surface area contributed by atoms with Crippen molar-refractivity contribution in [2.75, 3.05) is 35.8 Å². The first-order chi connectivity index (χ1) is 8.63. The van der Waals surface area contributed by atoms with Gasteiger partial charge in [0.25, 0.3) is 5.56 Å². The fraction of sp³-hybridized carbons (Fsp3) is 0.556. The summed E-state index contributed by atoms with van der Waals surface area (Å²) in [6.45, 7) is 0.365. The van der Waals surface area contributed by atoms with Gasteiger partial charge in [-0.15, -0.1) is 0 Å². The standard InChI is InChI=1S/C9H15N5O4.2Na.2H/c10-8-12-6-5(7(16)13-8)11-4-14(6)9(17)18-3-1-2-15;;;;/h9,11,15,17H,1-4H2,(H3,10,12,13,16);;;;/q;2*+1;2*-1. The summed E-state index contributed by atoms with van der Waals surface area (Å²) in [5, 5.41) is 21.2. The van der Waals surface area contributed by atoms with Gasteiger partial charge in [-0.1, -0.05) is 0 Å². The molecule has 104 valence electrons. The number of nitrogens with one attached hydrogen (secondary N) is 2. The van der Waals surface area contributed by atoms with E-state index in [0.29, 0.717) is 6.42 Å². The second kappa shape index (κ2) is 9.23. The number of H-pyrrole nitrogens is 1. The fourth-order valence-electron chi connectivity index (χ4n) is 1.61. The van der Waals surface area contributed by atoms with Crippen LogP contribution < -0.4 is 80.6 Å². The first-order valence-corrected chi connectivity index (χ1v) is 5.44. The zero-order chi connectivity index (χ0) is 13.1. The molecule has 0 bridgehead atoms. The van der Waals surface area contributed by atoms with Crippen LogP contribution in [0.15, 0.2) is 4.79 Å². The van der Waals surface area contributed by atoms with Crippen molar-refractivity contribution in [2.24, 2.45) is 0 Å². The Kier molecular flexibility index (Phi) is 9.31. The van der Waals surface area contributed by atoms with Crippen LogP contribution in [0.2, 0.25) is 0 Å². The molecule has 0 amide bonds. The van der Waals surface area contributed by atoms with E-state index in [1.54, 1.807) is 0 Å². The number of hydrogen-bond donors (Lipinski definition) is 5. The maximum atomic E-state index is 11.5. The summed E-state index contributed by atoms with van der Waals surface area (Å²) in [4.78, 5) is 19.2.